The van der Waals surface area contributed by atoms with Gasteiger partial charge >= 0.3 is 12.2 Å². The summed E-state index contributed by atoms with van der Waals surface area (Å²) in [6, 6.07) is 28.8. The van der Waals surface area contributed by atoms with Crippen molar-refractivity contribution in [3.8, 4) is 28.6 Å². The number of nitrogens with one attached hydrogen (secondary N) is 1. The fourth-order valence-corrected chi connectivity index (χ4v) is 11.6. The predicted octanol–water partition coefficient (Wildman–Crippen LogP) is 9.56. The van der Waals surface area contributed by atoms with Gasteiger partial charge < -0.3 is 33.9 Å². The number of carbonyl (C=O) groups excluding carboxylic acids is 2. The first-order valence-corrected chi connectivity index (χ1v) is 26.1. The molecule has 1 saturated carbocycles. The smallest absolute Gasteiger partial charge is 0.410 e. The summed E-state index contributed by atoms with van der Waals surface area (Å²) in [5.41, 5.74) is 3.97. The first kappa shape index (κ1) is 52.6. The van der Waals surface area contributed by atoms with Crippen LogP contribution in [0.3, 0.4) is 0 Å². The monoisotopic (exact) mass is 994 g/mol. The molecule has 1 aliphatic heterocycles. The molecular formula is C54H71N7O9S. The fraction of sp³-hybridized carbons (Fsp3) is 0.500. The second kappa shape index (κ2) is 22.9. The Hall–Kier alpha value is -6.20. The van der Waals surface area contributed by atoms with E-state index < -0.39 is 38.7 Å². The summed E-state index contributed by atoms with van der Waals surface area (Å²) in [4.78, 5) is 29.2. The molecule has 16 nitrogen and oxygen atoms in total. The Morgan fingerprint density at radius 1 is 0.690 bits per heavy atom. The number of alkyl carbamates (subject to hydrolysis) is 1. The van der Waals surface area contributed by atoms with Crippen LogP contribution in [0.25, 0.3) is 11.4 Å². The summed E-state index contributed by atoms with van der Waals surface area (Å²) in [5.74, 6) is 2.35. The van der Waals surface area contributed by atoms with Crippen molar-refractivity contribution in [2.75, 3.05) is 34.4 Å². The Balaban J connectivity index is 1.24. The van der Waals surface area contributed by atoms with Crippen molar-refractivity contribution in [3.05, 3.63) is 119 Å². The van der Waals surface area contributed by atoms with Gasteiger partial charge in [-0.15, -0.1) is 10.2 Å². The average Bonchev–Trinajstić information content (AvgIpc) is 3.81. The highest BCUT2D eigenvalue weighted by Gasteiger charge is 2.41. The molecule has 4 aromatic carbocycles. The summed E-state index contributed by atoms with van der Waals surface area (Å²) in [5, 5.41) is 16.2. The molecule has 7 rings (SSSR count). The summed E-state index contributed by atoms with van der Waals surface area (Å²) in [7, 11) is 0.739. The number of amides is 2. The number of hydrogen-bond donors (Lipinski definition) is 1. The van der Waals surface area contributed by atoms with Gasteiger partial charge in [-0.2, -0.15) is 9.10 Å². The lowest BCUT2D eigenvalue weighted by atomic mass is 9.79. The predicted molar refractivity (Wildman–Crippen MR) is 272 cm³/mol. The highest BCUT2D eigenvalue weighted by atomic mass is 32.2. The number of nitrogens with zero attached hydrogens (tertiary/aromatic N) is 6. The number of rotatable bonds is 17. The van der Waals surface area contributed by atoms with Crippen LogP contribution in [-0.4, -0.2) is 107 Å². The van der Waals surface area contributed by atoms with Crippen molar-refractivity contribution < 1.29 is 41.7 Å². The third kappa shape index (κ3) is 14.5. The second-order valence-corrected chi connectivity index (χ2v) is 22.8. The number of piperidine rings is 1. The van der Waals surface area contributed by atoms with Gasteiger partial charge in [0.2, 0.25) is 15.8 Å². The molecule has 2 aliphatic rings. The molecule has 1 N–H and O–H groups in total. The Bertz CT molecular complexity index is 2600. The number of hydrogen-bond acceptors (Lipinski definition) is 12. The summed E-state index contributed by atoms with van der Waals surface area (Å²) in [6.45, 7) is 12.4. The van der Waals surface area contributed by atoms with Crippen LogP contribution in [0.5, 0.6) is 17.2 Å². The van der Waals surface area contributed by atoms with E-state index >= 15 is 8.42 Å². The quantitative estimate of drug-likeness (QED) is 0.0935. The van der Waals surface area contributed by atoms with Crippen molar-refractivity contribution in [3.63, 3.8) is 0 Å². The first-order chi connectivity index (χ1) is 33.8. The molecule has 0 spiro atoms. The van der Waals surface area contributed by atoms with E-state index in [1.54, 1.807) is 35.3 Å². The zero-order chi connectivity index (χ0) is 50.9. The molecule has 2 fully saturated rings. The number of carbonyl (C=O) groups is 2. The molecule has 2 heterocycles. The maximum atomic E-state index is 15.7. The van der Waals surface area contributed by atoms with Crippen molar-refractivity contribution in [1.82, 2.24) is 34.7 Å². The summed E-state index contributed by atoms with van der Waals surface area (Å²) < 4.78 is 60.6. The van der Waals surface area contributed by atoms with E-state index in [1.165, 1.54) is 0 Å². The van der Waals surface area contributed by atoms with Gasteiger partial charge in [0.05, 0.1) is 33.1 Å². The van der Waals surface area contributed by atoms with E-state index in [0.717, 1.165) is 64.8 Å². The maximum Gasteiger partial charge on any atom is 0.410 e. The van der Waals surface area contributed by atoms with Crippen LogP contribution in [0.2, 0.25) is 0 Å². The molecule has 17 heteroatoms. The van der Waals surface area contributed by atoms with Crippen molar-refractivity contribution in [1.29, 1.82) is 0 Å². The van der Waals surface area contributed by atoms with Gasteiger partial charge in [-0.25, -0.2) is 18.0 Å². The highest BCUT2D eigenvalue weighted by Crippen LogP contribution is 2.40. The molecule has 1 unspecified atom stereocenters. The van der Waals surface area contributed by atoms with Crippen molar-refractivity contribution in [2.24, 2.45) is 5.92 Å². The minimum Gasteiger partial charge on any atom is -0.497 e. The number of aromatic nitrogens is 4. The lowest BCUT2D eigenvalue weighted by Crippen LogP contribution is -2.48. The highest BCUT2D eigenvalue weighted by molar-refractivity contribution is 7.89. The number of likely N-dealkylation sites (tertiary alicyclic amines) is 1. The number of tetrazole rings is 1. The van der Waals surface area contributed by atoms with Crippen LogP contribution in [0.4, 0.5) is 9.59 Å². The summed E-state index contributed by atoms with van der Waals surface area (Å²) >= 11 is 0. The molecular weight excluding hydrogens is 923 g/mol. The zero-order valence-electron chi connectivity index (χ0n) is 42.7. The molecule has 5 aromatic rings. The van der Waals surface area contributed by atoms with E-state index in [0.29, 0.717) is 49.8 Å². The Morgan fingerprint density at radius 3 is 1.70 bits per heavy atom. The molecule has 71 heavy (non-hydrogen) atoms. The molecule has 382 valence electrons. The topological polar surface area (TPSA) is 177 Å². The molecule has 1 saturated heterocycles. The van der Waals surface area contributed by atoms with E-state index in [-0.39, 0.29) is 37.4 Å². The molecule has 2 amide bonds. The summed E-state index contributed by atoms with van der Waals surface area (Å²) in [6.07, 6.45) is 3.41. The molecule has 0 radical (unpaired) electrons. The van der Waals surface area contributed by atoms with Crippen LogP contribution in [0, 0.1) is 5.92 Å². The van der Waals surface area contributed by atoms with Crippen molar-refractivity contribution in [2.45, 2.75) is 135 Å². The average molecular weight is 994 g/mol. The minimum atomic E-state index is -4.09. The second-order valence-electron chi connectivity index (χ2n) is 20.7. The van der Waals surface area contributed by atoms with E-state index in [2.05, 4.69) is 21.7 Å². The zero-order valence-corrected chi connectivity index (χ0v) is 43.5. The fourth-order valence-electron chi connectivity index (χ4n) is 9.44. The number of benzene rings is 4. The number of sulfonamides is 1. The molecule has 0 bridgehead atoms. The van der Waals surface area contributed by atoms with Crippen LogP contribution < -0.4 is 19.5 Å². The maximum absolute atomic E-state index is 15.7. The normalized spacial score (nSPS) is 17.4. The van der Waals surface area contributed by atoms with Gasteiger partial charge in [-0.3, -0.25) is 0 Å². The van der Waals surface area contributed by atoms with Crippen LogP contribution in [0.1, 0.15) is 114 Å². The van der Waals surface area contributed by atoms with Crippen LogP contribution >= 0.6 is 0 Å². The van der Waals surface area contributed by atoms with Gasteiger partial charge in [0.15, 0.2) is 0 Å². The Morgan fingerprint density at radius 2 is 1.20 bits per heavy atom. The van der Waals surface area contributed by atoms with E-state index in [4.69, 9.17) is 28.8 Å². The minimum absolute atomic E-state index is 0.0289. The van der Waals surface area contributed by atoms with Gasteiger partial charge in [-0.1, -0.05) is 48.5 Å². The van der Waals surface area contributed by atoms with Gasteiger partial charge in [0, 0.05) is 37.8 Å². The van der Waals surface area contributed by atoms with Crippen LogP contribution in [-0.2, 0) is 45.6 Å². The Labute approximate surface area is 419 Å². The molecule has 1 atom stereocenters. The van der Waals surface area contributed by atoms with Crippen LogP contribution in [0.15, 0.2) is 91.0 Å². The number of methoxy groups -OCH3 is 3. The van der Waals surface area contributed by atoms with Gasteiger partial charge in [0.1, 0.15) is 28.5 Å². The molecule has 1 aromatic heterocycles. The molecule has 1 aliphatic carbocycles. The third-order valence-electron chi connectivity index (χ3n) is 13.1. The lowest BCUT2D eigenvalue weighted by Gasteiger charge is -2.38. The first-order valence-electron chi connectivity index (χ1n) is 24.6. The third-order valence-corrected chi connectivity index (χ3v) is 15.4. The SMILES string of the molecule is COc1ccc(CN(Cc2ccc(OC)cc2)S(=O)(=O)C(Cc2ccc(C3CCC(NC(=O)OC(C)(C)C)CC3)c(-c3nnn(Cc4ccc(OC)cc4)n3)c2)C2CCN(C(=O)OC(C)(C)C)CC2)cc1. The number of ether oxygens (including phenoxy) is 5. The standard InChI is InChI=1S/C54H71N7O9S/c1-53(2,3)69-51(62)55-43-19-17-41(18-20-43)47-27-16-40(32-48(47)50-56-58-61(57-50)36-39-14-25-46(68-9)26-15-39)33-49(42-28-30-59(31-29-42)52(63)70-54(4,5)6)71(64,65)60(34-37-10-21-44(66-7)22-11-37)35-38-12-23-45(67-8)24-13-38/h10-16,21-27,32,41-43,49H,17-20,28-31,33-36H2,1-9H3,(H,55,62). The van der Waals surface area contributed by atoms with Crippen molar-refractivity contribution >= 4 is 22.2 Å². The Kier molecular flexibility index (Phi) is 17.0. The van der Waals surface area contributed by atoms with E-state index in [9.17, 15) is 9.59 Å². The lowest BCUT2D eigenvalue weighted by molar-refractivity contribution is 0.0181. The van der Waals surface area contributed by atoms with Gasteiger partial charge in [-0.05, 0) is 174 Å². The van der Waals surface area contributed by atoms with Gasteiger partial charge in [0.25, 0.3) is 0 Å². The van der Waals surface area contributed by atoms with E-state index in [1.807, 2.05) is 126 Å². The largest absolute Gasteiger partial charge is 0.497 e.